The minimum absolute atomic E-state index is 0.117. The quantitative estimate of drug-likeness (QED) is 0.369. The second-order valence-corrected chi connectivity index (χ2v) is 11.6. The highest BCUT2D eigenvalue weighted by molar-refractivity contribution is 5.67. The lowest BCUT2D eigenvalue weighted by atomic mass is 9.50. The molecule has 3 fully saturated rings. The van der Waals surface area contributed by atoms with Crippen molar-refractivity contribution in [1.29, 1.82) is 0 Å². The monoisotopic (exact) mass is 459 g/mol. The van der Waals surface area contributed by atoms with Gasteiger partial charge in [0, 0.05) is 32.2 Å². The summed E-state index contributed by atoms with van der Waals surface area (Å²) in [5, 5.41) is 0. The second kappa shape index (κ2) is 10.3. The van der Waals surface area contributed by atoms with Gasteiger partial charge < -0.3 is 14.4 Å². The van der Waals surface area contributed by atoms with E-state index < -0.39 is 0 Å². The summed E-state index contributed by atoms with van der Waals surface area (Å²) in [4.78, 5) is 25.9. The smallest absolute Gasteiger partial charge is 0.302 e. The van der Waals surface area contributed by atoms with Crippen LogP contribution in [0, 0.1) is 28.6 Å². The van der Waals surface area contributed by atoms with Crippen molar-refractivity contribution in [3.8, 4) is 0 Å². The summed E-state index contributed by atoms with van der Waals surface area (Å²) in [5.74, 6) is 1.12. The fourth-order valence-electron chi connectivity index (χ4n) is 7.29. The molecule has 0 saturated heterocycles. The third-order valence-corrected chi connectivity index (χ3v) is 9.14. The summed E-state index contributed by atoms with van der Waals surface area (Å²) < 4.78 is 11.5. The summed E-state index contributed by atoms with van der Waals surface area (Å²) in [7, 11) is 4.19. The summed E-state index contributed by atoms with van der Waals surface area (Å²) in [6.45, 7) is 13.1. The number of nitrogens with zero attached hydrogens (tertiary/aromatic N) is 1. The van der Waals surface area contributed by atoms with Crippen molar-refractivity contribution in [2.45, 2.75) is 91.3 Å². The Bertz CT molecular complexity index is 774. The number of hydrogen-bond donors (Lipinski definition) is 0. The van der Waals surface area contributed by atoms with Crippen molar-refractivity contribution in [3.63, 3.8) is 0 Å². The fraction of sp³-hybridized carbons (Fsp3) is 0.786. The van der Waals surface area contributed by atoms with Gasteiger partial charge in [-0.1, -0.05) is 38.2 Å². The Morgan fingerprint density at radius 1 is 1.03 bits per heavy atom. The molecule has 3 aliphatic carbocycles. The number of ether oxygens (including phenoxy) is 2. The summed E-state index contributed by atoms with van der Waals surface area (Å²) in [5.41, 5.74) is 1.53. The number of carbonyl (C=O) groups excluding carboxylic acids is 2. The van der Waals surface area contributed by atoms with Gasteiger partial charge in [0.05, 0.1) is 0 Å². The number of carbonyl (C=O) groups is 2. The molecule has 0 aromatic carbocycles. The van der Waals surface area contributed by atoms with Crippen LogP contribution in [0.25, 0.3) is 0 Å². The number of hydrogen-bond acceptors (Lipinski definition) is 5. The lowest BCUT2D eigenvalue weighted by Gasteiger charge is -2.56. The Labute approximate surface area is 201 Å². The normalized spacial score (nSPS) is 39.0. The zero-order valence-corrected chi connectivity index (χ0v) is 21.7. The van der Waals surface area contributed by atoms with Crippen LogP contribution in [-0.4, -0.2) is 49.7 Å². The van der Waals surface area contributed by atoms with Crippen LogP contribution in [0.1, 0.15) is 79.1 Å². The number of esters is 2. The molecule has 0 aromatic rings. The lowest BCUT2D eigenvalue weighted by Crippen LogP contribution is -2.53. The summed E-state index contributed by atoms with van der Waals surface area (Å²) in [6, 6.07) is 0. The first kappa shape index (κ1) is 26.0. The molecular weight excluding hydrogens is 414 g/mol. The molecular formula is C28H45NO4. The van der Waals surface area contributed by atoms with E-state index >= 15 is 0 Å². The van der Waals surface area contributed by atoms with Crippen molar-refractivity contribution >= 4 is 11.9 Å². The van der Waals surface area contributed by atoms with Gasteiger partial charge in [0.15, 0.2) is 0 Å². The largest absolute Gasteiger partial charge is 0.462 e. The van der Waals surface area contributed by atoms with E-state index in [0.29, 0.717) is 24.2 Å². The van der Waals surface area contributed by atoms with Crippen LogP contribution in [0.15, 0.2) is 24.3 Å². The third kappa shape index (κ3) is 5.55. The van der Waals surface area contributed by atoms with Crippen LogP contribution >= 0.6 is 0 Å². The topological polar surface area (TPSA) is 55.8 Å². The molecule has 0 heterocycles. The van der Waals surface area contributed by atoms with Gasteiger partial charge in [-0.2, -0.15) is 0 Å². The third-order valence-electron chi connectivity index (χ3n) is 9.14. The number of allylic oxidation sites excluding steroid dienone is 2. The molecule has 3 aliphatic rings. The van der Waals surface area contributed by atoms with Gasteiger partial charge in [0.2, 0.25) is 0 Å². The Hall–Kier alpha value is -1.62. The summed E-state index contributed by atoms with van der Waals surface area (Å²) >= 11 is 0. The molecule has 5 heteroatoms. The van der Waals surface area contributed by atoms with Crippen molar-refractivity contribution in [3.05, 3.63) is 24.3 Å². The van der Waals surface area contributed by atoms with E-state index in [1.807, 2.05) is 0 Å². The van der Waals surface area contributed by atoms with E-state index in [1.54, 1.807) is 0 Å². The maximum atomic E-state index is 12.1. The van der Waals surface area contributed by atoms with E-state index in [1.165, 1.54) is 25.8 Å². The first-order chi connectivity index (χ1) is 15.5. The highest BCUT2D eigenvalue weighted by Gasteiger charge is 2.57. The van der Waals surface area contributed by atoms with Crippen molar-refractivity contribution in [2.75, 3.05) is 20.6 Å². The number of likely N-dealkylation sites (N-methyl/N-ethyl adjacent to an activating group) is 1. The van der Waals surface area contributed by atoms with E-state index in [4.69, 9.17) is 9.47 Å². The average molecular weight is 460 g/mol. The molecule has 3 saturated carbocycles. The molecule has 0 amide bonds. The second-order valence-electron chi connectivity index (χ2n) is 11.6. The van der Waals surface area contributed by atoms with Gasteiger partial charge in [-0.05, 0) is 82.2 Å². The molecule has 5 nitrogen and oxygen atoms in total. The molecule has 0 radical (unpaired) electrons. The number of fused-ring (bicyclic) bond motifs is 1. The Balaban J connectivity index is 1.90. The molecule has 2 unspecified atom stereocenters. The minimum atomic E-state index is -0.257. The molecule has 0 N–H and O–H groups in total. The lowest BCUT2D eigenvalue weighted by molar-refractivity contribution is -0.178. The van der Waals surface area contributed by atoms with Gasteiger partial charge in [-0.25, -0.2) is 0 Å². The predicted octanol–water partition coefficient (Wildman–Crippen LogP) is 5.55. The highest BCUT2D eigenvalue weighted by Crippen LogP contribution is 2.63. The zero-order chi connectivity index (χ0) is 24.4. The van der Waals surface area contributed by atoms with Crippen molar-refractivity contribution in [1.82, 2.24) is 4.90 Å². The Kier molecular flexibility index (Phi) is 8.14. The van der Waals surface area contributed by atoms with E-state index in [2.05, 4.69) is 51.6 Å². The van der Waals surface area contributed by atoms with Crippen molar-refractivity contribution < 1.29 is 19.1 Å². The molecule has 33 heavy (non-hydrogen) atoms. The van der Waals surface area contributed by atoms with Crippen LogP contribution in [-0.2, 0) is 19.1 Å². The molecule has 186 valence electrons. The van der Waals surface area contributed by atoms with Gasteiger partial charge in [0.1, 0.15) is 12.2 Å². The average Bonchev–Trinajstić information content (AvgIpc) is 3.02. The van der Waals surface area contributed by atoms with E-state index in [9.17, 15) is 9.59 Å². The molecule has 0 aromatic heterocycles. The van der Waals surface area contributed by atoms with Gasteiger partial charge in [0.25, 0.3) is 0 Å². The molecule has 3 rings (SSSR count). The Morgan fingerprint density at radius 3 is 2.36 bits per heavy atom. The first-order valence-corrected chi connectivity index (χ1v) is 12.8. The van der Waals surface area contributed by atoms with Gasteiger partial charge in [-0.15, -0.1) is 0 Å². The highest BCUT2D eigenvalue weighted by atomic mass is 16.6. The number of rotatable bonds is 7. The minimum Gasteiger partial charge on any atom is -0.462 e. The van der Waals surface area contributed by atoms with Crippen LogP contribution < -0.4 is 0 Å². The van der Waals surface area contributed by atoms with Crippen molar-refractivity contribution in [2.24, 2.45) is 28.6 Å². The van der Waals surface area contributed by atoms with E-state index in [0.717, 1.165) is 45.1 Å². The van der Waals surface area contributed by atoms with Crippen LogP contribution in [0.3, 0.4) is 0 Å². The fourth-order valence-corrected chi connectivity index (χ4v) is 7.29. The zero-order valence-electron chi connectivity index (χ0n) is 21.7. The van der Waals surface area contributed by atoms with Gasteiger partial charge >= 0.3 is 11.9 Å². The molecule has 0 spiro atoms. The van der Waals surface area contributed by atoms with E-state index in [-0.39, 0.29) is 35.0 Å². The predicted molar refractivity (Wildman–Crippen MR) is 132 cm³/mol. The van der Waals surface area contributed by atoms with Crippen LogP contribution in [0.4, 0.5) is 0 Å². The molecule has 0 bridgehead atoms. The van der Waals surface area contributed by atoms with Gasteiger partial charge in [-0.3, -0.25) is 9.59 Å². The SMILES string of the molecule is C=C1CCC2[C@H](CC=CCN(C)C)C([C@@]3(C)CC[C@H](OC(C)=O)C[C@@H]3OC(C)=O)CC[C@]12C. The van der Waals surface area contributed by atoms with Crippen LogP contribution in [0.5, 0.6) is 0 Å². The maximum Gasteiger partial charge on any atom is 0.302 e. The molecule has 7 atom stereocenters. The summed E-state index contributed by atoms with van der Waals surface area (Å²) in [6.07, 6.45) is 12.3. The Morgan fingerprint density at radius 2 is 1.73 bits per heavy atom. The molecule has 0 aliphatic heterocycles. The first-order valence-electron chi connectivity index (χ1n) is 12.8. The maximum absolute atomic E-state index is 12.1. The standard InChI is InChI=1S/C28H45NO4/c1-19-11-12-24-23(10-8-9-17-29(6)7)25(14-16-27(19,24)4)28(5)15-13-22(32-20(2)30)18-26(28)33-21(3)31/h8-9,22-26H,1,10-18H2,2-7H3/t22-,23-,24?,25?,26-,27+,28+/m0/s1. The van der Waals surface area contributed by atoms with Crippen LogP contribution in [0.2, 0.25) is 0 Å².